The van der Waals surface area contributed by atoms with Gasteiger partial charge in [-0.05, 0) is 40.5 Å². The molecule has 0 N–H and O–H groups in total. The molecule has 0 spiro atoms. The molecule has 3 nitrogen and oxygen atoms in total. The summed E-state index contributed by atoms with van der Waals surface area (Å²) in [7, 11) is 0. The third kappa shape index (κ3) is 3.33. The van der Waals surface area contributed by atoms with E-state index in [4.69, 9.17) is 4.74 Å². The van der Waals surface area contributed by atoms with Crippen LogP contribution < -0.4 is 0 Å². The van der Waals surface area contributed by atoms with Gasteiger partial charge in [-0.1, -0.05) is 0 Å². The number of carbonyl (C=O) groups excluding carboxylic acids is 2. The molecule has 1 aliphatic rings. The lowest BCUT2D eigenvalue weighted by Gasteiger charge is -2.34. The molecule has 0 aromatic rings. The van der Waals surface area contributed by atoms with Gasteiger partial charge in [-0.15, -0.1) is 0 Å². The minimum Gasteiger partial charge on any atom is -0.459 e. The van der Waals surface area contributed by atoms with Crippen LogP contribution in [-0.2, 0) is 14.3 Å². The summed E-state index contributed by atoms with van der Waals surface area (Å²) >= 11 is 0. The van der Waals surface area contributed by atoms with Gasteiger partial charge in [0.05, 0.1) is 5.41 Å². The fraction of sp³-hybridized carbons (Fsp3) is 0.833. The van der Waals surface area contributed by atoms with Gasteiger partial charge in [0.25, 0.3) is 0 Å². The third-order valence-corrected chi connectivity index (χ3v) is 2.68. The second-order valence-corrected chi connectivity index (χ2v) is 5.66. The normalized spacial score (nSPS) is 27.6. The summed E-state index contributed by atoms with van der Waals surface area (Å²) in [5.41, 5.74) is -1.07. The smallest absolute Gasteiger partial charge is 0.311 e. The van der Waals surface area contributed by atoms with Crippen molar-refractivity contribution in [2.75, 3.05) is 0 Å². The van der Waals surface area contributed by atoms with Crippen LogP contribution in [0.2, 0.25) is 0 Å². The zero-order valence-corrected chi connectivity index (χ0v) is 10.1. The van der Waals surface area contributed by atoms with Crippen molar-refractivity contribution < 1.29 is 14.3 Å². The predicted molar refractivity (Wildman–Crippen MR) is 57.4 cm³/mol. The van der Waals surface area contributed by atoms with Gasteiger partial charge >= 0.3 is 5.97 Å². The fourth-order valence-electron chi connectivity index (χ4n) is 1.72. The third-order valence-electron chi connectivity index (χ3n) is 2.68. The molecule has 1 fully saturated rings. The number of hydrogen-bond acceptors (Lipinski definition) is 3. The highest BCUT2D eigenvalue weighted by Crippen LogP contribution is 2.31. The summed E-state index contributed by atoms with van der Waals surface area (Å²) in [5, 5.41) is 0. The first kappa shape index (κ1) is 12.2. The van der Waals surface area contributed by atoms with Crippen molar-refractivity contribution in [2.24, 2.45) is 5.41 Å². The van der Waals surface area contributed by atoms with Crippen LogP contribution >= 0.6 is 0 Å². The van der Waals surface area contributed by atoms with Crippen LogP contribution in [0.1, 0.15) is 53.4 Å². The van der Waals surface area contributed by atoms with E-state index in [2.05, 4.69) is 0 Å². The standard InChI is InChI=1S/C12H20O3/c1-11(2,3)10(14)15-12(4)7-5-6-9(13)8-12/h5-8H2,1-4H3. The van der Waals surface area contributed by atoms with E-state index in [9.17, 15) is 9.59 Å². The molecule has 0 radical (unpaired) electrons. The first-order valence-electron chi connectivity index (χ1n) is 5.48. The number of carbonyl (C=O) groups is 2. The van der Waals surface area contributed by atoms with E-state index in [0.29, 0.717) is 12.8 Å². The lowest BCUT2D eigenvalue weighted by molar-refractivity contribution is -0.171. The number of esters is 1. The Bertz CT molecular complexity index is 275. The van der Waals surface area contributed by atoms with Crippen LogP contribution in [0, 0.1) is 5.41 Å². The largest absolute Gasteiger partial charge is 0.459 e. The Balaban J connectivity index is 2.64. The number of hydrogen-bond donors (Lipinski definition) is 0. The maximum Gasteiger partial charge on any atom is 0.311 e. The highest BCUT2D eigenvalue weighted by Gasteiger charge is 2.37. The number of ketones is 1. The molecule has 0 aromatic heterocycles. The molecule has 0 aromatic carbocycles. The van der Waals surface area contributed by atoms with E-state index >= 15 is 0 Å². The summed E-state index contributed by atoms with van der Waals surface area (Å²) in [4.78, 5) is 23.0. The topological polar surface area (TPSA) is 43.4 Å². The monoisotopic (exact) mass is 212 g/mol. The maximum absolute atomic E-state index is 11.7. The van der Waals surface area contributed by atoms with Gasteiger partial charge in [0.1, 0.15) is 11.4 Å². The van der Waals surface area contributed by atoms with Crippen molar-refractivity contribution >= 4 is 11.8 Å². The molecule has 1 unspecified atom stereocenters. The molecule has 0 saturated heterocycles. The average Bonchev–Trinajstić information content (AvgIpc) is 2.00. The quantitative estimate of drug-likeness (QED) is 0.627. The van der Waals surface area contributed by atoms with E-state index in [-0.39, 0.29) is 11.8 Å². The van der Waals surface area contributed by atoms with Crippen LogP contribution in [0.3, 0.4) is 0 Å². The molecule has 0 heterocycles. The molecule has 1 atom stereocenters. The molecular weight excluding hydrogens is 192 g/mol. The summed E-state index contributed by atoms with van der Waals surface area (Å²) < 4.78 is 5.45. The predicted octanol–water partition coefficient (Wildman–Crippen LogP) is 2.48. The molecule has 15 heavy (non-hydrogen) atoms. The van der Waals surface area contributed by atoms with Crippen LogP contribution in [0.25, 0.3) is 0 Å². The molecule has 1 saturated carbocycles. The summed E-state index contributed by atoms with van der Waals surface area (Å²) in [6.07, 6.45) is 2.62. The number of Topliss-reactive ketones (excluding diaryl/α,β-unsaturated/α-hetero) is 1. The maximum atomic E-state index is 11.7. The fourth-order valence-corrected chi connectivity index (χ4v) is 1.72. The first-order valence-corrected chi connectivity index (χ1v) is 5.48. The lowest BCUT2D eigenvalue weighted by atomic mass is 9.85. The Morgan fingerprint density at radius 3 is 2.47 bits per heavy atom. The van der Waals surface area contributed by atoms with E-state index < -0.39 is 11.0 Å². The number of ether oxygens (including phenoxy) is 1. The van der Waals surface area contributed by atoms with Crippen molar-refractivity contribution in [1.82, 2.24) is 0 Å². The van der Waals surface area contributed by atoms with Gasteiger partial charge in [0.15, 0.2) is 0 Å². The van der Waals surface area contributed by atoms with Crippen molar-refractivity contribution in [3.05, 3.63) is 0 Å². The average molecular weight is 212 g/mol. The molecule has 3 heteroatoms. The van der Waals surface area contributed by atoms with Crippen molar-refractivity contribution in [3.8, 4) is 0 Å². The van der Waals surface area contributed by atoms with E-state index in [1.165, 1.54) is 0 Å². The minimum atomic E-state index is -0.570. The minimum absolute atomic E-state index is 0.199. The van der Waals surface area contributed by atoms with Crippen LogP contribution in [0.4, 0.5) is 0 Å². The summed E-state index contributed by atoms with van der Waals surface area (Å²) in [6, 6.07) is 0. The second kappa shape index (κ2) is 3.95. The second-order valence-electron chi connectivity index (χ2n) is 5.66. The van der Waals surface area contributed by atoms with E-state index in [0.717, 1.165) is 12.8 Å². The first-order chi connectivity index (χ1) is 6.73. The highest BCUT2D eigenvalue weighted by molar-refractivity contribution is 5.81. The van der Waals surface area contributed by atoms with Crippen molar-refractivity contribution in [2.45, 2.75) is 59.0 Å². The molecular formula is C12H20O3. The van der Waals surface area contributed by atoms with Crippen LogP contribution in [0.5, 0.6) is 0 Å². The Morgan fingerprint density at radius 2 is 2.00 bits per heavy atom. The number of rotatable bonds is 1. The Hall–Kier alpha value is -0.860. The molecule has 1 rings (SSSR count). The summed E-state index contributed by atoms with van der Waals surface area (Å²) in [5.74, 6) is -0.0230. The zero-order valence-electron chi connectivity index (χ0n) is 10.1. The van der Waals surface area contributed by atoms with Gasteiger partial charge < -0.3 is 4.74 Å². The Morgan fingerprint density at radius 1 is 1.40 bits per heavy atom. The molecule has 1 aliphatic carbocycles. The zero-order chi connectivity index (χ0) is 11.7. The summed E-state index contributed by atoms with van der Waals surface area (Å²) in [6.45, 7) is 7.32. The van der Waals surface area contributed by atoms with Gasteiger partial charge in [0, 0.05) is 12.8 Å². The Labute approximate surface area is 91.2 Å². The van der Waals surface area contributed by atoms with Gasteiger partial charge in [0.2, 0.25) is 0 Å². The Kier molecular flexibility index (Phi) is 3.22. The van der Waals surface area contributed by atoms with Crippen LogP contribution in [0.15, 0.2) is 0 Å². The SMILES string of the molecule is CC1(OC(=O)C(C)(C)C)CCCC(=O)C1. The lowest BCUT2D eigenvalue weighted by Crippen LogP contribution is -2.40. The van der Waals surface area contributed by atoms with E-state index in [1.807, 2.05) is 27.7 Å². The highest BCUT2D eigenvalue weighted by atomic mass is 16.6. The van der Waals surface area contributed by atoms with Gasteiger partial charge in [-0.25, -0.2) is 0 Å². The van der Waals surface area contributed by atoms with Gasteiger partial charge in [-0.2, -0.15) is 0 Å². The van der Waals surface area contributed by atoms with Crippen molar-refractivity contribution in [3.63, 3.8) is 0 Å². The molecule has 0 aliphatic heterocycles. The van der Waals surface area contributed by atoms with E-state index in [1.54, 1.807) is 0 Å². The molecule has 0 amide bonds. The van der Waals surface area contributed by atoms with Crippen molar-refractivity contribution in [1.29, 1.82) is 0 Å². The molecule has 86 valence electrons. The molecule has 0 bridgehead atoms. The van der Waals surface area contributed by atoms with Crippen LogP contribution in [-0.4, -0.2) is 17.4 Å². The van der Waals surface area contributed by atoms with Gasteiger partial charge in [-0.3, -0.25) is 9.59 Å².